The predicted octanol–water partition coefficient (Wildman–Crippen LogP) is 2.76. The Bertz CT molecular complexity index is 921. The Morgan fingerprint density at radius 1 is 1.19 bits per heavy atom. The van der Waals surface area contributed by atoms with Crippen molar-refractivity contribution in [1.82, 2.24) is 9.88 Å². The largest absolute Gasteiger partial charge is 0.461 e. The lowest BCUT2D eigenvalue weighted by atomic mass is 10.1. The number of fused-ring (bicyclic) bond motifs is 1. The summed E-state index contributed by atoms with van der Waals surface area (Å²) in [6.45, 7) is 1.44. The summed E-state index contributed by atoms with van der Waals surface area (Å²) in [5.41, 5.74) is 1.37. The molecule has 1 N–H and O–H groups in total. The Balaban J connectivity index is 1.55. The number of rotatable bonds is 6. The van der Waals surface area contributed by atoms with Gasteiger partial charge in [0.05, 0.1) is 17.9 Å². The number of para-hydroxylation sites is 1. The Labute approximate surface area is 150 Å². The number of hydrogen-bond acceptors (Lipinski definition) is 4. The third-order valence-electron chi connectivity index (χ3n) is 4.64. The number of ketones is 1. The number of amides is 1. The van der Waals surface area contributed by atoms with Gasteiger partial charge in [-0.05, 0) is 31.0 Å². The summed E-state index contributed by atoms with van der Waals surface area (Å²) in [4.78, 5) is 25.0. The summed E-state index contributed by atoms with van der Waals surface area (Å²) in [6.07, 6.45) is 5.33. The Hall–Kier alpha value is -2.86. The maximum absolute atomic E-state index is 12.7. The zero-order chi connectivity index (χ0) is 17.9. The number of nitrogens with one attached hydrogen (secondary N) is 1. The number of ether oxygens (including phenoxy) is 1. The van der Waals surface area contributed by atoms with Crippen molar-refractivity contribution >= 4 is 22.6 Å². The first-order valence-electron chi connectivity index (χ1n) is 8.77. The van der Waals surface area contributed by atoms with Crippen LogP contribution in [0.5, 0.6) is 0 Å². The van der Waals surface area contributed by atoms with E-state index in [2.05, 4.69) is 5.32 Å². The Morgan fingerprint density at radius 2 is 2.08 bits per heavy atom. The van der Waals surface area contributed by atoms with Gasteiger partial charge >= 0.3 is 0 Å². The minimum Gasteiger partial charge on any atom is -0.461 e. The maximum Gasteiger partial charge on any atom is 0.240 e. The van der Waals surface area contributed by atoms with Crippen LogP contribution < -0.4 is 5.32 Å². The molecule has 1 saturated heterocycles. The highest BCUT2D eigenvalue weighted by atomic mass is 16.5. The van der Waals surface area contributed by atoms with E-state index >= 15 is 0 Å². The molecule has 4 rings (SSSR count). The fourth-order valence-corrected chi connectivity index (χ4v) is 3.34. The molecule has 3 aromatic rings. The van der Waals surface area contributed by atoms with Gasteiger partial charge < -0.3 is 19.0 Å². The van der Waals surface area contributed by atoms with E-state index < -0.39 is 0 Å². The van der Waals surface area contributed by atoms with Crippen LogP contribution in [0.4, 0.5) is 0 Å². The minimum atomic E-state index is -0.190. The third-order valence-corrected chi connectivity index (χ3v) is 4.64. The summed E-state index contributed by atoms with van der Waals surface area (Å²) in [5, 5.41) is 3.72. The molecule has 0 saturated carbocycles. The molecule has 0 bridgehead atoms. The molecular formula is C20H20N2O4. The number of carbonyl (C=O) groups excluding carboxylic acids is 2. The molecular weight excluding hydrogens is 332 g/mol. The highest BCUT2D eigenvalue weighted by Gasteiger charge is 2.20. The summed E-state index contributed by atoms with van der Waals surface area (Å²) in [5.74, 6) is -0.00120. The van der Waals surface area contributed by atoms with Gasteiger partial charge in [0.2, 0.25) is 11.7 Å². The van der Waals surface area contributed by atoms with Crippen molar-refractivity contribution in [3.05, 3.63) is 60.2 Å². The van der Waals surface area contributed by atoms with Crippen molar-refractivity contribution in [3.63, 3.8) is 0 Å². The summed E-state index contributed by atoms with van der Waals surface area (Å²) < 4.78 is 12.6. The van der Waals surface area contributed by atoms with Crippen LogP contribution in [0.15, 0.2) is 53.3 Å². The van der Waals surface area contributed by atoms with E-state index in [-0.39, 0.29) is 30.1 Å². The molecule has 1 atom stereocenters. The van der Waals surface area contributed by atoms with Gasteiger partial charge in [-0.15, -0.1) is 0 Å². The maximum atomic E-state index is 12.7. The second-order valence-corrected chi connectivity index (χ2v) is 6.43. The first-order valence-corrected chi connectivity index (χ1v) is 8.77. The summed E-state index contributed by atoms with van der Waals surface area (Å²) >= 11 is 0. The number of benzene rings is 1. The second-order valence-electron chi connectivity index (χ2n) is 6.43. The van der Waals surface area contributed by atoms with Gasteiger partial charge in [-0.2, -0.15) is 0 Å². The number of nitrogens with zero attached hydrogens (tertiary/aromatic N) is 1. The van der Waals surface area contributed by atoms with Crippen LogP contribution in [0.3, 0.4) is 0 Å². The van der Waals surface area contributed by atoms with Crippen LogP contribution in [0, 0.1) is 0 Å². The zero-order valence-corrected chi connectivity index (χ0v) is 14.3. The molecule has 134 valence electrons. The first kappa shape index (κ1) is 16.6. The molecule has 6 nitrogen and oxygen atoms in total. The van der Waals surface area contributed by atoms with Crippen LogP contribution in [0.25, 0.3) is 10.9 Å². The molecule has 2 aromatic heterocycles. The Morgan fingerprint density at radius 3 is 2.85 bits per heavy atom. The Kier molecular flexibility index (Phi) is 4.58. The van der Waals surface area contributed by atoms with Crippen LogP contribution in [0.1, 0.15) is 29.0 Å². The molecule has 1 unspecified atom stereocenters. The van der Waals surface area contributed by atoms with Gasteiger partial charge in [-0.25, -0.2) is 0 Å². The average molecular weight is 352 g/mol. The minimum absolute atomic E-state index is 0.0988. The third kappa shape index (κ3) is 3.28. The van der Waals surface area contributed by atoms with Gasteiger partial charge in [-0.3, -0.25) is 9.59 Å². The fraction of sp³-hybridized carbons (Fsp3) is 0.300. The van der Waals surface area contributed by atoms with Gasteiger partial charge in [-0.1, -0.05) is 18.2 Å². The van der Waals surface area contributed by atoms with E-state index in [1.54, 1.807) is 22.9 Å². The molecule has 1 aromatic carbocycles. The molecule has 6 heteroatoms. The standard InChI is InChI=1S/C20H20N2O4/c23-19(21-11-14-5-3-9-25-14)13-22-12-16(15-6-1-2-7-17(15)22)20(24)18-8-4-10-26-18/h1-2,4,6-8,10,12,14H,3,5,9,11,13H2,(H,21,23). The highest BCUT2D eigenvalue weighted by molar-refractivity contribution is 6.15. The quantitative estimate of drug-likeness (QED) is 0.692. The average Bonchev–Trinajstić information content (AvgIpc) is 3.41. The normalized spacial score (nSPS) is 16.8. The van der Waals surface area contributed by atoms with Crippen LogP contribution in [-0.2, 0) is 16.1 Å². The van der Waals surface area contributed by atoms with Crippen molar-refractivity contribution in [2.75, 3.05) is 13.2 Å². The van der Waals surface area contributed by atoms with Crippen LogP contribution in [-0.4, -0.2) is 35.5 Å². The van der Waals surface area contributed by atoms with Gasteiger partial charge in [0.25, 0.3) is 0 Å². The van der Waals surface area contributed by atoms with Gasteiger partial charge in [0.1, 0.15) is 6.54 Å². The molecule has 26 heavy (non-hydrogen) atoms. The van der Waals surface area contributed by atoms with Crippen molar-refractivity contribution in [3.8, 4) is 0 Å². The predicted molar refractivity (Wildman–Crippen MR) is 96.1 cm³/mol. The lowest BCUT2D eigenvalue weighted by Crippen LogP contribution is -2.34. The van der Waals surface area contributed by atoms with Gasteiger partial charge in [0, 0.05) is 30.3 Å². The first-order chi connectivity index (χ1) is 12.7. The highest BCUT2D eigenvalue weighted by Crippen LogP contribution is 2.24. The zero-order valence-electron chi connectivity index (χ0n) is 14.3. The molecule has 0 aliphatic carbocycles. The van der Waals surface area contributed by atoms with E-state index in [1.807, 2.05) is 24.3 Å². The monoisotopic (exact) mass is 352 g/mol. The summed E-state index contributed by atoms with van der Waals surface area (Å²) in [6, 6.07) is 10.9. The van der Waals surface area contributed by atoms with Crippen molar-refractivity contribution in [2.24, 2.45) is 0 Å². The smallest absolute Gasteiger partial charge is 0.240 e. The molecule has 1 amide bonds. The van der Waals surface area contributed by atoms with E-state index in [1.165, 1.54) is 6.26 Å². The molecule has 1 aliphatic rings. The lowest BCUT2D eigenvalue weighted by Gasteiger charge is -2.11. The van der Waals surface area contributed by atoms with Crippen molar-refractivity contribution < 1.29 is 18.7 Å². The number of hydrogen-bond donors (Lipinski definition) is 1. The summed E-state index contributed by atoms with van der Waals surface area (Å²) in [7, 11) is 0. The fourth-order valence-electron chi connectivity index (χ4n) is 3.34. The van der Waals surface area contributed by atoms with E-state index in [9.17, 15) is 9.59 Å². The molecule has 1 aliphatic heterocycles. The number of furan rings is 1. The number of aromatic nitrogens is 1. The van der Waals surface area contributed by atoms with Crippen LogP contribution in [0.2, 0.25) is 0 Å². The molecule has 0 radical (unpaired) electrons. The van der Waals surface area contributed by atoms with Crippen molar-refractivity contribution in [1.29, 1.82) is 0 Å². The van der Waals surface area contributed by atoms with E-state index in [0.717, 1.165) is 30.4 Å². The second kappa shape index (κ2) is 7.17. The van der Waals surface area contributed by atoms with Crippen molar-refractivity contribution in [2.45, 2.75) is 25.5 Å². The molecule has 1 fully saturated rings. The SMILES string of the molecule is O=C(Cn1cc(C(=O)c2ccco2)c2ccccc21)NCC1CCCO1. The topological polar surface area (TPSA) is 73.5 Å². The lowest BCUT2D eigenvalue weighted by molar-refractivity contribution is -0.122. The number of carbonyl (C=O) groups is 2. The molecule has 3 heterocycles. The van der Waals surface area contributed by atoms with E-state index in [0.29, 0.717) is 12.1 Å². The van der Waals surface area contributed by atoms with E-state index in [4.69, 9.17) is 9.15 Å². The van der Waals surface area contributed by atoms with Crippen LogP contribution >= 0.6 is 0 Å². The van der Waals surface area contributed by atoms with Gasteiger partial charge in [0.15, 0.2) is 5.76 Å². The molecule has 0 spiro atoms.